The Morgan fingerprint density at radius 1 is 0.955 bits per heavy atom. The molecule has 0 radical (unpaired) electrons. The Morgan fingerprint density at radius 3 is 2.23 bits per heavy atom. The highest BCUT2D eigenvalue weighted by Gasteiger charge is 2.21. The SMILES string of the molecule is Cc1c(NC(=O)c2ccc(C(C)(C)C)cc2)cccc1-c1cn(C)c(=O)c(N(O)c2ccc(C(=O)N3CCOCC3)cc2)n1. The number of aryl methyl sites for hydroxylation is 1. The van der Waals surface area contributed by atoms with Crippen molar-refractivity contribution in [1.82, 2.24) is 14.5 Å². The van der Waals surface area contributed by atoms with Crippen LogP contribution in [0, 0.1) is 6.92 Å². The largest absolute Gasteiger partial charge is 0.378 e. The van der Waals surface area contributed by atoms with Gasteiger partial charge in [0, 0.05) is 48.7 Å². The lowest BCUT2D eigenvalue weighted by Crippen LogP contribution is -2.40. The molecule has 228 valence electrons. The molecule has 2 heterocycles. The number of rotatable bonds is 6. The average molecular weight is 596 g/mol. The van der Waals surface area contributed by atoms with E-state index in [-0.39, 0.29) is 28.7 Å². The number of morpholine rings is 1. The first-order chi connectivity index (χ1) is 20.9. The molecule has 10 heteroatoms. The molecule has 1 aliphatic rings. The lowest BCUT2D eigenvalue weighted by molar-refractivity contribution is 0.0303. The summed E-state index contributed by atoms with van der Waals surface area (Å²) in [5.74, 6) is -0.563. The van der Waals surface area contributed by atoms with Gasteiger partial charge in [-0.3, -0.25) is 19.6 Å². The quantitative estimate of drug-likeness (QED) is 0.290. The minimum atomic E-state index is -0.509. The Balaban J connectivity index is 1.39. The van der Waals surface area contributed by atoms with Crippen molar-refractivity contribution in [3.8, 4) is 11.3 Å². The van der Waals surface area contributed by atoms with E-state index in [1.807, 2.05) is 37.3 Å². The molecule has 4 aromatic rings. The van der Waals surface area contributed by atoms with Gasteiger partial charge in [-0.2, -0.15) is 0 Å². The molecule has 1 aliphatic heterocycles. The van der Waals surface area contributed by atoms with Crippen molar-refractivity contribution in [3.05, 3.63) is 106 Å². The number of anilines is 3. The third-order valence-electron chi connectivity index (χ3n) is 7.78. The number of ether oxygens (including phenoxy) is 1. The summed E-state index contributed by atoms with van der Waals surface area (Å²) in [6.07, 6.45) is 1.59. The van der Waals surface area contributed by atoms with Crippen LogP contribution in [0.5, 0.6) is 0 Å². The van der Waals surface area contributed by atoms with Crippen LogP contribution in [-0.2, 0) is 17.2 Å². The van der Waals surface area contributed by atoms with Gasteiger partial charge in [-0.05, 0) is 65.9 Å². The molecule has 2 amide bonds. The molecule has 0 saturated carbocycles. The number of benzene rings is 3. The van der Waals surface area contributed by atoms with Crippen LogP contribution in [0.3, 0.4) is 0 Å². The van der Waals surface area contributed by atoms with Crippen molar-refractivity contribution in [2.24, 2.45) is 7.05 Å². The van der Waals surface area contributed by atoms with Crippen LogP contribution in [0.1, 0.15) is 52.6 Å². The number of carbonyl (C=O) groups is 2. The van der Waals surface area contributed by atoms with E-state index >= 15 is 0 Å². The number of amides is 2. The Labute approximate surface area is 256 Å². The van der Waals surface area contributed by atoms with Crippen LogP contribution >= 0.6 is 0 Å². The highest BCUT2D eigenvalue weighted by molar-refractivity contribution is 6.05. The van der Waals surface area contributed by atoms with Gasteiger partial charge < -0.3 is 19.5 Å². The molecule has 2 N–H and O–H groups in total. The van der Waals surface area contributed by atoms with Crippen molar-refractivity contribution in [3.63, 3.8) is 0 Å². The zero-order valence-corrected chi connectivity index (χ0v) is 25.6. The zero-order chi connectivity index (χ0) is 31.6. The molecule has 1 aromatic heterocycles. The van der Waals surface area contributed by atoms with E-state index in [0.29, 0.717) is 54.4 Å². The summed E-state index contributed by atoms with van der Waals surface area (Å²) in [5.41, 5.74) is 4.37. The molecule has 1 saturated heterocycles. The van der Waals surface area contributed by atoms with Gasteiger partial charge >= 0.3 is 0 Å². The summed E-state index contributed by atoms with van der Waals surface area (Å²) >= 11 is 0. The molecule has 0 unspecified atom stereocenters. The number of nitrogens with one attached hydrogen (secondary N) is 1. The number of carbonyl (C=O) groups excluding carboxylic acids is 2. The van der Waals surface area contributed by atoms with E-state index in [2.05, 4.69) is 31.1 Å². The first kappa shape index (κ1) is 30.7. The topological polar surface area (TPSA) is 117 Å². The van der Waals surface area contributed by atoms with Crippen LogP contribution in [0.2, 0.25) is 0 Å². The van der Waals surface area contributed by atoms with E-state index < -0.39 is 5.56 Å². The first-order valence-corrected chi connectivity index (χ1v) is 14.5. The molecular formula is C34H37N5O5. The molecule has 3 aromatic carbocycles. The highest BCUT2D eigenvalue weighted by atomic mass is 16.5. The molecule has 1 fully saturated rings. The Kier molecular flexibility index (Phi) is 8.66. The fourth-order valence-electron chi connectivity index (χ4n) is 5.04. The van der Waals surface area contributed by atoms with E-state index in [4.69, 9.17) is 4.74 Å². The van der Waals surface area contributed by atoms with Gasteiger partial charge in [0.05, 0.1) is 24.6 Å². The summed E-state index contributed by atoms with van der Waals surface area (Å²) in [4.78, 5) is 45.2. The maximum absolute atomic E-state index is 13.1. The van der Waals surface area contributed by atoms with Crippen molar-refractivity contribution in [2.75, 3.05) is 36.7 Å². The monoisotopic (exact) mass is 595 g/mol. The van der Waals surface area contributed by atoms with Gasteiger partial charge in [-0.1, -0.05) is 45.0 Å². The minimum absolute atomic E-state index is 0.0166. The maximum atomic E-state index is 13.1. The predicted octanol–water partition coefficient (Wildman–Crippen LogP) is 5.31. The number of aromatic nitrogens is 2. The number of hydrogen-bond donors (Lipinski definition) is 2. The fraction of sp³-hybridized carbons (Fsp3) is 0.294. The summed E-state index contributed by atoms with van der Waals surface area (Å²) < 4.78 is 6.66. The predicted molar refractivity (Wildman–Crippen MR) is 170 cm³/mol. The molecular weight excluding hydrogens is 558 g/mol. The van der Waals surface area contributed by atoms with Crippen molar-refractivity contribution in [2.45, 2.75) is 33.1 Å². The van der Waals surface area contributed by atoms with Gasteiger partial charge in [0.25, 0.3) is 17.4 Å². The second kappa shape index (κ2) is 12.4. The molecule has 5 rings (SSSR count). The Bertz CT molecular complexity index is 1730. The first-order valence-electron chi connectivity index (χ1n) is 14.5. The van der Waals surface area contributed by atoms with Gasteiger partial charge in [-0.25, -0.2) is 10.0 Å². The second-order valence-electron chi connectivity index (χ2n) is 11.9. The standard InChI is InChI=1S/C34H37N5O5/c1-22-27(7-6-8-28(22)36-31(40)23-9-13-25(14-10-23)34(2,3)4)29-21-37(5)33(42)30(35-29)39(43)26-15-11-24(12-16-26)32(41)38-17-19-44-20-18-38/h6-16,21,43H,17-20H2,1-5H3,(H,36,40). The fourth-order valence-corrected chi connectivity index (χ4v) is 5.04. The second-order valence-corrected chi connectivity index (χ2v) is 11.9. The molecule has 44 heavy (non-hydrogen) atoms. The van der Waals surface area contributed by atoms with Crippen LogP contribution in [-0.4, -0.2) is 57.8 Å². The third kappa shape index (κ3) is 6.41. The van der Waals surface area contributed by atoms with E-state index in [0.717, 1.165) is 16.2 Å². The average Bonchev–Trinajstić information content (AvgIpc) is 3.02. The Hall–Kier alpha value is -4.80. The highest BCUT2D eigenvalue weighted by Crippen LogP contribution is 2.30. The van der Waals surface area contributed by atoms with E-state index in [1.165, 1.54) is 4.57 Å². The lowest BCUT2D eigenvalue weighted by atomic mass is 9.86. The zero-order valence-electron chi connectivity index (χ0n) is 25.6. The van der Waals surface area contributed by atoms with Gasteiger partial charge in [-0.15, -0.1) is 0 Å². The third-order valence-corrected chi connectivity index (χ3v) is 7.78. The number of nitrogens with zero attached hydrogens (tertiary/aromatic N) is 4. The molecule has 10 nitrogen and oxygen atoms in total. The molecule has 0 aliphatic carbocycles. The van der Waals surface area contributed by atoms with Crippen LogP contribution < -0.4 is 15.9 Å². The minimum Gasteiger partial charge on any atom is -0.378 e. The smallest absolute Gasteiger partial charge is 0.295 e. The molecule has 0 atom stereocenters. The summed E-state index contributed by atoms with van der Waals surface area (Å²) in [7, 11) is 1.58. The van der Waals surface area contributed by atoms with E-state index in [9.17, 15) is 19.6 Å². The van der Waals surface area contributed by atoms with Gasteiger partial charge in [0.1, 0.15) is 0 Å². The van der Waals surface area contributed by atoms with Crippen LogP contribution in [0.15, 0.2) is 77.7 Å². The van der Waals surface area contributed by atoms with E-state index in [1.54, 1.807) is 54.5 Å². The van der Waals surface area contributed by atoms with Gasteiger partial charge in [0.2, 0.25) is 5.82 Å². The van der Waals surface area contributed by atoms with Crippen LogP contribution in [0.25, 0.3) is 11.3 Å². The molecule has 0 spiro atoms. The normalized spacial score (nSPS) is 13.5. The van der Waals surface area contributed by atoms with Crippen molar-refractivity contribution >= 4 is 29.0 Å². The molecule has 0 bridgehead atoms. The van der Waals surface area contributed by atoms with Gasteiger partial charge in [0.15, 0.2) is 0 Å². The summed E-state index contributed by atoms with van der Waals surface area (Å²) in [5, 5.41) is 14.8. The summed E-state index contributed by atoms with van der Waals surface area (Å²) in [6.45, 7) is 10.3. The number of hydrogen-bond acceptors (Lipinski definition) is 7. The lowest BCUT2D eigenvalue weighted by Gasteiger charge is -2.27. The van der Waals surface area contributed by atoms with Crippen LogP contribution in [0.4, 0.5) is 17.2 Å². The maximum Gasteiger partial charge on any atom is 0.295 e. The van der Waals surface area contributed by atoms with Crippen molar-refractivity contribution < 1.29 is 19.5 Å². The Morgan fingerprint density at radius 2 is 1.59 bits per heavy atom. The van der Waals surface area contributed by atoms with Crippen molar-refractivity contribution in [1.29, 1.82) is 0 Å². The summed E-state index contributed by atoms with van der Waals surface area (Å²) in [6, 6.07) is 19.4.